The van der Waals surface area contributed by atoms with Crippen LogP contribution < -0.4 is 10.6 Å². The second-order valence-corrected chi connectivity index (χ2v) is 11.2. The third-order valence-corrected chi connectivity index (χ3v) is 8.58. The highest BCUT2D eigenvalue weighted by Gasteiger charge is 2.53. The Kier molecular flexibility index (Phi) is 7.01. The SMILES string of the molecule is O=C(N[C@@H]1CN2CCC1CC2)[C@H](Cc1ccc(F)cc1Cl)NC(=O)C1(c2ccc(Cl)cc2Cl)CC1. The number of nitrogens with one attached hydrogen (secondary N) is 2. The van der Waals surface area contributed by atoms with Crippen LogP contribution in [0.5, 0.6) is 0 Å². The second kappa shape index (κ2) is 9.89. The highest BCUT2D eigenvalue weighted by atomic mass is 35.5. The third kappa shape index (κ3) is 5.17. The molecule has 6 rings (SSSR count). The molecule has 9 heteroatoms. The molecule has 5 nitrogen and oxygen atoms in total. The molecule has 2 aromatic carbocycles. The van der Waals surface area contributed by atoms with Crippen molar-refractivity contribution in [3.8, 4) is 0 Å². The molecule has 1 aliphatic carbocycles. The summed E-state index contributed by atoms with van der Waals surface area (Å²) in [4.78, 5) is 29.4. The molecule has 0 aromatic heterocycles. The third-order valence-electron chi connectivity index (χ3n) is 7.68. The number of benzene rings is 2. The van der Waals surface area contributed by atoms with Gasteiger partial charge < -0.3 is 15.5 Å². The molecule has 35 heavy (non-hydrogen) atoms. The van der Waals surface area contributed by atoms with E-state index in [1.807, 2.05) is 0 Å². The predicted molar refractivity (Wildman–Crippen MR) is 136 cm³/mol. The van der Waals surface area contributed by atoms with Crippen molar-refractivity contribution in [2.24, 2.45) is 5.92 Å². The van der Waals surface area contributed by atoms with E-state index in [1.165, 1.54) is 12.1 Å². The number of nitrogens with zero attached hydrogens (tertiary/aromatic N) is 1. The van der Waals surface area contributed by atoms with E-state index < -0.39 is 17.3 Å². The Hall–Kier alpha value is -1.86. The predicted octanol–water partition coefficient (Wildman–Crippen LogP) is 4.76. The van der Waals surface area contributed by atoms with Crippen molar-refractivity contribution >= 4 is 46.6 Å². The van der Waals surface area contributed by atoms with Crippen LogP contribution in [0.25, 0.3) is 0 Å². The molecule has 3 saturated heterocycles. The topological polar surface area (TPSA) is 61.4 Å². The minimum absolute atomic E-state index is 0.0497. The number of rotatable bonds is 7. The summed E-state index contributed by atoms with van der Waals surface area (Å²) in [6.07, 6.45) is 3.53. The Balaban J connectivity index is 1.37. The van der Waals surface area contributed by atoms with Gasteiger partial charge in [0.25, 0.3) is 0 Å². The monoisotopic (exact) mass is 537 g/mol. The summed E-state index contributed by atoms with van der Waals surface area (Å²) >= 11 is 18.7. The molecule has 0 radical (unpaired) electrons. The highest BCUT2D eigenvalue weighted by molar-refractivity contribution is 6.35. The first-order chi connectivity index (χ1) is 16.7. The number of hydrogen-bond donors (Lipinski definition) is 2. The van der Waals surface area contributed by atoms with Gasteiger partial charge in [-0.1, -0.05) is 46.9 Å². The fourth-order valence-electron chi connectivity index (χ4n) is 5.45. The van der Waals surface area contributed by atoms with Gasteiger partial charge in [0.1, 0.15) is 11.9 Å². The van der Waals surface area contributed by atoms with Gasteiger partial charge in [-0.3, -0.25) is 9.59 Å². The van der Waals surface area contributed by atoms with E-state index in [4.69, 9.17) is 34.8 Å². The standard InChI is InChI=1S/C26H27Cl3FN3O2/c27-17-2-4-19(21(29)12-17)26(7-8-26)25(35)32-22(11-16-1-3-18(30)13-20(16)28)24(34)31-23-14-33-9-5-15(23)6-10-33/h1-4,12-13,15,22-23H,5-11,14H2,(H,31,34)(H,32,35)/t22-,23+/m0/s1. The molecule has 0 unspecified atom stereocenters. The Labute approximate surface area is 219 Å². The zero-order chi connectivity index (χ0) is 24.7. The van der Waals surface area contributed by atoms with Crippen molar-refractivity contribution in [1.29, 1.82) is 0 Å². The molecule has 2 bridgehead atoms. The molecule has 2 aromatic rings. The average Bonchev–Trinajstić information content (AvgIpc) is 3.63. The summed E-state index contributed by atoms with van der Waals surface area (Å²) in [5, 5.41) is 7.31. The second-order valence-electron chi connectivity index (χ2n) is 9.93. The maximum Gasteiger partial charge on any atom is 0.243 e. The molecule has 2 atom stereocenters. The van der Waals surface area contributed by atoms with Crippen LogP contribution in [0.1, 0.15) is 36.8 Å². The largest absolute Gasteiger partial charge is 0.350 e. The molecule has 2 N–H and O–H groups in total. The van der Waals surface area contributed by atoms with Gasteiger partial charge in [-0.15, -0.1) is 0 Å². The molecule has 1 saturated carbocycles. The molecule has 186 valence electrons. The van der Waals surface area contributed by atoms with Gasteiger partial charge in [0, 0.05) is 34.1 Å². The van der Waals surface area contributed by atoms with Crippen molar-refractivity contribution in [1.82, 2.24) is 15.5 Å². The first kappa shape index (κ1) is 24.8. The van der Waals surface area contributed by atoms with Crippen LogP contribution in [0.4, 0.5) is 4.39 Å². The van der Waals surface area contributed by atoms with Crippen molar-refractivity contribution in [2.45, 2.75) is 49.6 Å². The molecule has 3 heterocycles. The van der Waals surface area contributed by atoms with Crippen LogP contribution in [-0.2, 0) is 21.4 Å². The number of fused-ring (bicyclic) bond motifs is 3. The Morgan fingerprint density at radius 1 is 1.06 bits per heavy atom. The lowest BCUT2D eigenvalue weighted by Crippen LogP contribution is -2.60. The summed E-state index contributed by atoms with van der Waals surface area (Å²) in [6, 6.07) is 8.39. The highest BCUT2D eigenvalue weighted by Crippen LogP contribution is 2.51. The van der Waals surface area contributed by atoms with E-state index in [-0.39, 0.29) is 29.3 Å². The van der Waals surface area contributed by atoms with Crippen LogP contribution in [0.3, 0.4) is 0 Å². The molecular weight excluding hydrogens is 512 g/mol. The Morgan fingerprint density at radius 3 is 2.40 bits per heavy atom. The fraction of sp³-hybridized carbons (Fsp3) is 0.462. The minimum atomic E-state index is -0.857. The normalized spacial score (nSPS) is 25.1. The lowest BCUT2D eigenvalue weighted by molar-refractivity contribution is -0.131. The van der Waals surface area contributed by atoms with E-state index in [2.05, 4.69) is 15.5 Å². The molecular formula is C26H27Cl3FN3O2. The van der Waals surface area contributed by atoms with Crippen molar-refractivity contribution in [3.05, 3.63) is 68.4 Å². The first-order valence-electron chi connectivity index (χ1n) is 12.0. The van der Waals surface area contributed by atoms with Crippen molar-refractivity contribution in [3.63, 3.8) is 0 Å². The molecule has 0 spiro atoms. The number of carbonyl (C=O) groups excluding carboxylic acids is 2. The number of hydrogen-bond acceptors (Lipinski definition) is 3. The maximum absolute atomic E-state index is 13.6. The number of amides is 2. The van der Waals surface area contributed by atoms with E-state index in [0.717, 1.165) is 32.5 Å². The van der Waals surface area contributed by atoms with E-state index in [1.54, 1.807) is 24.3 Å². The molecule has 2 amide bonds. The summed E-state index contributed by atoms with van der Waals surface area (Å²) in [5.41, 5.74) is 0.511. The molecule has 3 aliphatic heterocycles. The number of carbonyl (C=O) groups is 2. The lowest BCUT2D eigenvalue weighted by atomic mass is 9.84. The van der Waals surface area contributed by atoms with Gasteiger partial charge in [0.05, 0.1) is 5.41 Å². The minimum Gasteiger partial charge on any atom is -0.350 e. The summed E-state index contributed by atoms with van der Waals surface area (Å²) in [6.45, 7) is 2.94. The fourth-order valence-corrected chi connectivity index (χ4v) is 6.28. The van der Waals surface area contributed by atoms with Crippen LogP contribution in [0, 0.1) is 11.7 Å². The number of piperidine rings is 3. The lowest BCUT2D eigenvalue weighted by Gasteiger charge is -2.45. The first-order valence-corrected chi connectivity index (χ1v) is 13.1. The van der Waals surface area contributed by atoms with Crippen molar-refractivity contribution < 1.29 is 14.0 Å². The van der Waals surface area contributed by atoms with Crippen molar-refractivity contribution in [2.75, 3.05) is 19.6 Å². The van der Waals surface area contributed by atoms with Gasteiger partial charge in [-0.2, -0.15) is 0 Å². The Bertz CT molecular complexity index is 1150. The van der Waals surface area contributed by atoms with Crippen LogP contribution >= 0.6 is 34.8 Å². The van der Waals surface area contributed by atoms with E-state index in [0.29, 0.717) is 39.9 Å². The van der Waals surface area contributed by atoms with E-state index >= 15 is 0 Å². The van der Waals surface area contributed by atoms with Gasteiger partial charge in [-0.25, -0.2) is 4.39 Å². The average molecular weight is 539 g/mol. The van der Waals surface area contributed by atoms with Crippen LogP contribution in [0.2, 0.25) is 15.1 Å². The molecule has 4 fully saturated rings. The maximum atomic E-state index is 13.6. The summed E-state index contributed by atoms with van der Waals surface area (Å²) in [7, 11) is 0. The van der Waals surface area contributed by atoms with Gasteiger partial charge in [-0.05, 0) is 80.1 Å². The summed E-state index contributed by atoms with van der Waals surface area (Å²) < 4.78 is 13.6. The zero-order valence-electron chi connectivity index (χ0n) is 19.1. The smallest absolute Gasteiger partial charge is 0.243 e. The molecule has 4 aliphatic rings. The van der Waals surface area contributed by atoms with E-state index in [9.17, 15) is 14.0 Å². The summed E-state index contributed by atoms with van der Waals surface area (Å²) in [5.74, 6) is -0.521. The van der Waals surface area contributed by atoms with Crippen LogP contribution in [0.15, 0.2) is 36.4 Å². The zero-order valence-corrected chi connectivity index (χ0v) is 21.4. The quantitative estimate of drug-likeness (QED) is 0.535. The Morgan fingerprint density at radius 2 is 1.80 bits per heavy atom. The van der Waals surface area contributed by atoms with Crippen LogP contribution in [-0.4, -0.2) is 48.4 Å². The van der Waals surface area contributed by atoms with Gasteiger partial charge in [0.2, 0.25) is 11.8 Å². The van der Waals surface area contributed by atoms with Gasteiger partial charge >= 0.3 is 0 Å². The van der Waals surface area contributed by atoms with Gasteiger partial charge in [0.15, 0.2) is 0 Å². The number of halogens is 4.